The molecule has 0 aliphatic heterocycles. The van der Waals surface area contributed by atoms with Gasteiger partial charge in [-0.2, -0.15) is 26.3 Å². The van der Waals surface area contributed by atoms with E-state index in [1.54, 1.807) is 0 Å². The maximum Gasteiger partial charge on any atom is 0.417 e. The lowest BCUT2D eigenvalue weighted by Crippen LogP contribution is -2.14. The third-order valence-corrected chi connectivity index (χ3v) is 7.14. The third kappa shape index (κ3) is 7.94. The summed E-state index contributed by atoms with van der Waals surface area (Å²) in [5.74, 6) is -1.77. The van der Waals surface area contributed by atoms with Crippen LogP contribution in [0, 0.1) is 20.2 Å². The van der Waals surface area contributed by atoms with Crippen molar-refractivity contribution in [3.05, 3.63) is 127 Å². The number of carbonyl (C=O) groups excluding carboxylic acids is 2. The van der Waals surface area contributed by atoms with Crippen molar-refractivity contribution < 1.29 is 45.8 Å². The van der Waals surface area contributed by atoms with Crippen LogP contribution in [-0.2, 0) is 12.4 Å². The first-order valence-electron chi connectivity index (χ1n) is 12.2. The molecule has 0 saturated carbocycles. The number of non-ortho nitro benzene ring substituents is 2. The molecule has 2 amide bonds. The smallest absolute Gasteiger partial charge is 0.322 e. The molecule has 17 heteroatoms. The van der Waals surface area contributed by atoms with Gasteiger partial charge in [0, 0.05) is 56.6 Å². The predicted octanol–water partition coefficient (Wildman–Crippen LogP) is 8.20. The van der Waals surface area contributed by atoms with Gasteiger partial charge < -0.3 is 10.6 Å². The van der Waals surface area contributed by atoms with Crippen molar-refractivity contribution in [1.82, 2.24) is 0 Å². The molecule has 0 heterocycles. The van der Waals surface area contributed by atoms with Gasteiger partial charge in [0.05, 0.1) is 21.0 Å². The minimum Gasteiger partial charge on any atom is -0.322 e. The number of carbonyl (C=O) groups is 2. The van der Waals surface area contributed by atoms with Crippen LogP contribution in [0.1, 0.15) is 31.8 Å². The Morgan fingerprint density at radius 1 is 0.578 bits per heavy atom. The zero-order chi connectivity index (χ0) is 33.1. The second-order valence-corrected chi connectivity index (χ2v) is 10.1. The van der Waals surface area contributed by atoms with E-state index >= 15 is 0 Å². The molecule has 10 nitrogen and oxygen atoms in total. The van der Waals surface area contributed by atoms with Crippen molar-refractivity contribution in [3.63, 3.8) is 0 Å². The van der Waals surface area contributed by atoms with Crippen LogP contribution in [0.5, 0.6) is 0 Å². The van der Waals surface area contributed by atoms with Crippen LogP contribution < -0.4 is 10.6 Å². The monoisotopic (exact) mass is 650 g/mol. The van der Waals surface area contributed by atoms with E-state index in [1.165, 1.54) is 0 Å². The Balaban J connectivity index is 1.59. The Kier molecular flexibility index (Phi) is 9.13. The first-order chi connectivity index (χ1) is 21.0. The second kappa shape index (κ2) is 12.7. The van der Waals surface area contributed by atoms with Crippen LogP contribution in [0.2, 0.25) is 0 Å². The summed E-state index contributed by atoms with van der Waals surface area (Å²) < 4.78 is 83.9. The van der Waals surface area contributed by atoms with Gasteiger partial charge in [-0.25, -0.2) is 0 Å². The molecule has 0 aliphatic carbocycles. The first kappa shape index (κ1) is 32.5. The molecule has 0 spiro atoms. The fourth-order valence-corrected chi connectivity index (χ4v) is 4.91. The number of nitro benzene ring substituents is 2. The summed E-state index contributed by atoms with van der Waals surface area (Å²) in [7, 11) is 0. The van der Waals surface area contributed by atoms with Crippen LogP contribution >= 0.6 is 11.8 Å². The van der Waals surface area contributed by atoms with E-state index in [2.05, 4.69) is 10.6 Å². The highest BCUT2D eigenvalue weighted by Gasteiger charge is 2.37. The van der Waals surface area contributed by atoms with Crippen molar-refractivity contribution in [1.29, 1.82) is 0 Å². The van der Waals surface area contributed by atoms with Gasteiger partial charge in [0.1, 0.15) is 0 Å². The SMILES string of the molecule is O=C(Nc1ccc(Sc2ccc(NC(=O)c3ccc([N+](=O)[O-])cc3)cc2C(F)(F)F)c(C(F)(F)F)c1)c1ccc([N+](=O)[O-])cc1. The Labute approximate surface area is 252 Å². The van der Waals surface area contributed by atoms with E-state index in [0.29, 0.717) is 12.1 Å². The quantitative estimate of drug-likeness (QED) is 0.111. The van der Waals surface area contributed by atoms with Gasteiger partial charge in [-0.15, -0.1) is 0 Å². The standard InChI is InChI=1S/C28H16F6N4O6S/c29-27(30,31)21-13-17(35-25(39)15-1-7-19(8-2-15)37(41)42)5-11-23(21)45-24-12-6-18(14-22(24)28(32,33)34)36-26(40)16-3-9-20(10-4-16)38(43)44/h1-14H,(H,35,39)(H,36,40). The number of anilines is 2. The molecular formula is C28H16F6N4O6S. The molecule has 0 saturated heterocycles. The van der Waals surface area contributed by atoms with Gasteiger partial charge >= 0.3 is 12.4 Å². The molecule has 4 rings (SSSR count). The van der Waals surface area contributed by atoms with Crippen molar-refractivity contribution >= 4 is 46.3 Å². The normalized spacial score (nSPS) is 11.5. The summed E-state index contributed by atoms with van der Waals surface area (Å²) in [6.07, 6.45) is -10.1. The number of halogens is 6. The molecule has 0 aliphatic rings. The Morgan fingerprint density at radius 2 is 0.911 bits per heavy atom. The van der Waals surface area contributed by atoms with Crippen LogP contribution in [0.4, 0.5) is 49.1 Å². The van der Waals surface area contributed by atoms with E-state index in [-0.39, 0.29) is 45.6 Å². The van der Waals surface area contributed by atoms with Gasteiger partial charge in [0.15, 0.2) is 0 Å². The molecule has 0 radical (unpaired) electrons. The molecule has 45 heavy (non-hydrogen) atoms. The van der Waals surface area contributed by atoms with E-state index in [9.17, 15) is 56.2 Å². The van der Waals surface area contributed by atoms with Gasteiger partial charge in [0.2, 0.25) is 0 Å². The average molecular weight is 651 g/mol. The third-order valence-electron chi connectivity index (χ3n) is 5.99. The Hall–Kier alpha value is -5.45. The molecule has 2 N–H and O–H groups in total. The minimum atomic E-state index is -5.05. The highest BCUT2D eigenvalue weighted by atomic mass is 32.2. The summed E-state index contributed by atoms with van der Waals surface area (Å²) >= 11 is 0.158. The average Bonchev–Trinajstić information content (AvgIpc) is 2.97. The van der Waals surface area contributed by atoms with Gasteiger partial charge in [-0.3, -0.25) is 29.8 Å². The fraction of sp³-hybridized carbons (Fsp3) is 0.0714. The molecule has 0 atom stereocenters. The zero-order valence-electron chi connectivity index (χ0n) is 22.1. The molecule has 4 aromatic rings. The maximum absolute atomic E-state index is 14.0. The summed E-state index contributed by atoms with van der Waals surface area (Å²) in [5, 5.41) is 26.0. The second-order valence-electron chi connectivity index (χ2n) is 9.04. The predicted molar refractivity (Wildman–Crippen MR) is 149 cm³/mol. The van der Waals surface area contributed by atoms with E-state index in [4.69, 9.17) is 0 Å². The lowest BCUT2D eigenvalue weighted by molar-refractivity contribution is -0.385. The highest BCUT2D eigenvalue weighted by molar-refractivity contribution is 7.99. The number of nitrogens with one attached hydrogen (secondary N) is 2. The number of rotatable bonds is 8. The van der Waals surface area contributed by atoms with Crippen molar-refractivity contribution in [2.45, 2.75) is 22.1 Å². The molecule has 0 bridgehead atoms. The van der Waals surface area contributed by atoms with Crippen molar-refractivity contribution in [2.24, 2.45) is 0 Å². The van der Waals surface area contributed by atoms with Crippen LogP contribution in [0.25, 0.3) is 0 Å². The fourth-order valence-electron chi connectivity index (χ4n) is 3.83. The van der Waals surface area contributed by atoms with Gasteiger partial charge in [-0.05, 0) is 60.7 Å². The number of hydrogen-bond acceptors (Lipinski definition) is 7. The summed E-state index contributed by atoms with van der Waals surface area (Å²) in [6, 6.07) is 13.4. The number of hydrogen-bond donors (Lipinski definition) is 2. The zero-order valence-corrected chi connectivity index (χ0v) is 22.9. The molecule has 0 aromatic heterocycles. The number of alkyl halides is 6. The molecule has 4 aromatic carbocycles. The first-order valence-corrected chi connectivity index (χ1v) is 13.1. The minimum absolute atomic E-state index is 0.0943. The largest absolute Gasteiger partial charge is 0.417 e. The van der Waals surface area contributed by atoms with E-state index in [0.717, 1.165) is 72.8 Å². The number of amides is 2. The number of nitrogens with zero attached hydrogens (tertiary/aromatic N) is 2. The van der Waals surface area contributed by atoms with Crippen molar-refractivity contribution in [3.8, 4) is 0 Å². The van der Waals surface area contributed by atoms with E-state index in [1.807, 2.05) is 0 Å². The Bertz CT molecular complexity index is 1660. The molecule has 0 fully saturated rings. The van der Waals surface area contributed by atoms with Gasteiger partial charge in [-0.1, -0.05) is 11.8 Å². The number of benzene rings is 4. The summed E-state index contributed by atoms with van der Waals surface area (Å²) in [6.45, 7) is 0. The summed E-state index contributed by atoms with van der Waals surface area (Å²) in [4.78, 5) is 43.9. The van der Waals surface area contributed by atoms with E-state index < -0.39 is 54.9 Å². The van der Waals surface area contributed by atoms with Crippen molar-refractivity contribution in [2.75, 3.05) is 10.6 Å². The topological polar surface area (TPSA) is 144 Å². The van der Waals surface area contributed by atoms with Crippen LogP contribution in [0.3, 0.4) is 0 Å². The lowest BCUT2D eigenvalue weighted by Gasteiger charge is -2.18. The van der Waals surface area contributed by atoms with Crippen LogP contribution in [-0.4, -0.2) is 21.7 Å². The maximum atomic E-state index is 14.0. The van der Waals surface area contributed by atoms with Gasteiger partial charge in [0.25, 0.3) is 23.2 Å². The molecular weight excluding hydrogens is 634 g/mol. The van der Waals surface area contributed by atoms with Crippen LogP contribution in [0.15, 0.2) is 94.7 Å². The lowest BCUT2D eigenvalue weighted by atomic mass is 10.1. The Morgan fingerprint density at radius 3 is 1.20 bits per heavy atom. The molecule has 232 valence electrons. The number of nitro groups is 2. The summed E-state index contributed by atoms with van der Waals surface area (Å²) in [5.41, 5.74) is -4.19. The molecule has 0 unspecified atom stereocenters. The highest BCUT2D eigenvalue weighted by Crippen LogP contribution is 2.45.